The van der Waals surface area contributed by atoms with Crippen LogP contribution in [0.2, 0.25) is 0 Å². The lowest BCUT2D eigenvalue weighted by molar-refractivity contribution is -0.384. The molecule has 0 saturated carbocycles. The number of anilines is 1. The van der Waals surface area contributed by atoms with Gasteiger partial charge in [-0.05, 0) is 54.7 Å². The molecule has 3 aromatic carbocycles. The Morgan fingerprint density at radius 2 is 1.65 bits per heavy atom. The molecule has 0 spiro atoms. The monoisotopic (exact) mass is 497 g/mol. The number of carbonyl (C=O) groups excluding carboxylic acids is 2. The molecule has 3 aromatic rings. The van der Waals surface area contributed by atoms with Crippen molar-refractivity contribution in [2.45, 2.75) is 31.6 Å². The van der Waals surface area contributed by atoms with Crippen molar-refractivity contribution in [1.82, 2.24) is 5.32 Å². The fraction of sp³-hybridized carbons (Fsp3) is 0.172. The molecule has 1 aliphatic heterocycles. The van der Waals surface area contributed by atoms with Crippen LogP contribution in [0.1, 0.15) is 42.7 Å². The van der Waals surface area contributed by atoms with Crippen LogP contribution >= 0.6 is 0 Å². The average Bonchev–Trinajstić information content (AvgIpc) is 2.89. The molecular formula is C29H24FN3O4. The molecule has 7 nitrogen and oxygen atoms in total. The highest BCUT2D eigenvalue weighted by molar-refractivity contribution is 6.10. The first kappa shape index (κ1) is 24.1. The Kier molecular flexibility index (Phi) is 6.40. The van der Waals surface area contributed by atoms with Crippen molar-refractivity contribution in [3.63, 3.8) is 0 Å². The number of nitrogens with zero attached hydrogens (tertiary/aromatic N) is 1. The van der Waals surface area contributed by atoms with Crippen LogP contribution in [0.15, 0.2) is 101 Å². The van der Waals surface area contributed by atoms with Gasteiger partial charge in [0.2, 0.25) is 0 Å². The third kappa shape index (κ3) is 4.78. The van der Waals surface area contributed by atoms with E-state index in [1.807, 2.05) is 30.3 Å². The van der Waals surface area contributed by atoms with E-state index in [1.54, 1.807) is 19.1 Å². The summed E-state index contributed by atoms with van der Waals surface area (Å²) in [6, 6.07) is 21.2. The van der Waals surface area contributed by atoms with Gasteiger partial charge in [0.25, 0.3) is 11.6 Å². The number of nitro benzene ring substituents is 1. The second kappa shape index (κ2) is 9.81. The number of benzene rings is 3. The normalized spacial score (nSPS) is 19.2. The molecule has 0 aromatic heterocycles. The maximum absolute atomic E-state index is 13.6. The third-order valence-electron chi connectivity index (χ3n) is 6.88. The number of nitro groups is 1. The van der Waals surface area contributed by atoms with E-state index in [0.717, 1.165) is 11.3 Å². The van der Waals surface area contributed by atoms with Gasteiger partial charge in [-0.2, -0.15) is 0 Å². The van der Waals surface area contributed by atoms with Crippen molar-refractivity contribution in [3.05, 3.63) is 128 Å². The highest BCUT2D eigenvalue weighted by Crippen LogP contribution is 2.45. The van der Waals surface area contributed by atoms with Crippen molar-refractivity contribution in [2.75, 3.05) is 5.32 Å². The largest absolute Gasteiger partial charge is 0.362 e. The van der Waals surface area contributed by atoms with Crippen molar-refractivity contribution in [2.24, 2.45) is 0 Å². The number of Topliss-reactive ketones (excluding diaryl/α,β-unsaturated/α-hetero) is 1. The number of ketones is 1. The van der Waals surface area contributed by atoms with Gasteiger partial charge < -0.3 is 10.6 Å². The molecule has 2 N–H and O–H groups in total. The number of dihydropyridines is 1. The highest BCUT2D eigenvalue weighted by atomic mass is 19.1. The Morgan fingerprint density at radius 3 is 2.30 bits per heavy atom. The van der Waals surface area contributed by atoms with Gasteiger partial charge in [0.15, 0.2) is 5.78 Å². The Morgan fingerprint density at radius 1 is 0.973 bits per heavy atom. The smallest absolute Gasteiger partial charge is 0.269 e. The highest BCUT2D eigenvalue weighted by Gasteiger charge is 2.41. The molecule has 1 amide bonds. The molecule has 0 saturated heterocycles. The molecule has 8 heteroatoms. The van der Waals surface area contributed by atoms with Crippen LogP contribution in [0.4, 0.5) is 15.8 Å². The van der Waals surface area contributed by atoms with E-state index in [-0.39, 0.29) is 17.4 Å². The first-order valence-electron chi connectivity index (χ1n) is 11.9. The van der Waals surface area contributed by atoms with Gasteiger partial charge in [-0.3, -0.25) is 19.7 Å². The van der Waals surface area contributed by atoms with Crippen LogP contribution < -0.4 is 10.6 Å². The predicted molar refractivity (Wildman–Crippen MR) is 137 cm³/mol. The first-order chi connectivity index (χ1) is 17.8. The zero-order valence-corrected chi connectivity index (χ0v) is 20.0. The molecule has 186 valence electrons. The fourth-order valence-corrected chi connectivity index (χ4v) is 5.15. The summed E-state index contributed by atoms with van der Waals surface area (Å²) in [4.78, 5) is 37.9. The number of carbonyl (C=O) groups is 2. The van der Waals surface area contributed by atoms with E-state index < -0.39 is 22.6 Å². The molecule has 0 unspecified atom stereocenters. The maximum Gasteiger partial charge on any atom is 0.269 e. The molecule has 5 rings (SSSR count). The molecule has 2 atom stereocenters. The zero-order chi connectivity index (χ0) is 26.1. The summed E-state index contributed by atoms with van der Waals surface area (Å²) >= 11 is 0. The van der Waals surface area contributed by atoms with E-state index in [2.05, 4.69) is 10.6 Å². The Labute approximate surface area is 212 Å². The molecule has 1 heterocycles. The summed E-state index contributed by atoms with van der Waals surface area (Å²) in [7, 11) is 0. The second-order valence-corrected chi connectivity index (χ2v) is 9.24. The number of hydrogen-bond donors (Lipinski definition) is 2. The standard InChI is InChI=1S/C29H24FN3O4/c1-17-26(29(35)32-22-11-9-21(30)10-12-22)27(19-7-13-23(14-8-19)33(36)37)28-24(31-17)15-20(16-25(28)34)18-5-3-2-4-6-18/h2-14,20,27,31H,15-16H2,1H3,(H,32,35)/t20-,27-/m1/s1. The van der Waals surface area contributed by atoms with Crippen LogP contribution in [0, 0.1) is 15.9 Å². The first-order valence-corrected chi connectivity index (χ1v) is 11.9. The van der Waals surface area contributed by atoms with Gasteiger partial charge in [-0.15, -0.1) is 0 Å². The van der Waals surface area contributed by atoms with Gasteiger partial charge >= 0.3 is 0 Å². The predicted octanol–water partition coefficient (Wildman–Crippen LogP) is 5.73. The van der Waals surface area contributed by atoms with E-state index in [1.165, 1.54) is 36.4 Å². The summed E-state index contributed by atoms with van der Waals surface area (Å²) in [6.45, 7) is 1.78. The van der Waals surface area contributed by atoms with Gasteiger partial charge in [-0.25, -0.2) is 4.39 Å². The second-order valence-electron chi connectivity index (χ2n) is 9.24. The quantitative estimate of drug-likeness (QED) is 0.346. The number of rotatable bonds is 5. The van der Waals surface area contributed by atoms with Crippen molar-refractivity contribution < 1.29 is 18.9 Å². The van der Waals surface area contributed by atoms with Gasteiger partial charge in [0.1, 0.15) is 5.82 Å². The van der Waals surface area contributed by atoms with Crippen molar-refractivity contribution in [3.8, 4) is 0 Å². The fourth-order valence-electron chi connectivity index (χ4n) is 5.15. The number of allylic oxidation sites excluding steroid dienone is 3. The topological polar surface area (TPSA) is 101 Å². The van der Waals surface area contributed by atoms with E-state index >= 15 is 0 Å². The molecule has 0 radical (unpaired) electrons. The van der Waals surface area contributed by atoms with Crippen LogP contribution in [0.25, 0.3) is 0 Å². The van der Waals surface area contributed by atoms with E-state index in [4.69, 9.17) is 0 Å². The van der Waals surface area contributed by atoms with Crippen molar-refractivity contribution in [1.29, 1.82) is 0 Å². The van der Waals surface area contributed by atoms with Gasteiger partial charge in [0.05, 0.1) is 4.92 Å². The van der Waals surface area contributed by atoms with E-state index in [0.29, 0.717) is 40.9 Å². The molecule has 0 fully saturated rings. The molecule has 1 aliphatic carbocycles. The van der Waals surface area contributed by atoms with Crippen LogP contribution in [-0.2, 0) is 9.59 Å². The van der Waals surface area contributed by atoms with Crippen LogP contribution in [0.3, 0.4) is 0 Å². The Balaban J connectivity index is 1.56. The van der Waals surface area contributed by atoms with Crippen LogP contribution in [-0.4, -0.2) is 16.6 Å². The van der Waals surface area contributed by atoms with Gasteiger partial charge in [-0.1, -0.05) is 42.5 Å². The molecule has 2 aliphatic rings. The summed E-state index contributed by atoms with van der Waals surface area (Å²) in [5, 5.41) is 17.3. The molecule has 37 heavy (non-hydrogen) atoms. The minimum Gasteiger partial charge on any atom is -0.362 e. The maximum atomic E-state index is 13.6. The lowest BCUT2D eigenvalue weighted by Gasteiger charge is -2.37. The summed E-state index contributed by atoms with van der Waals surface area (Å²) in [6.07, 6.45) is 0.888. The van der Waals surface area contributed by atoms with Gasteiger partial charge in [0, 0.05) is 52.7 Å². The minimum atomic E-state index is -0.707. The van der Waals surface area contributed by atoms with Crippen LogP contribution in [0.5, 0.6) is 0 Å². The third-order valence-corrected chi connectivity index (χ3v) is 6.88. The molecule has 0 bridgehead atoms. The number of halogens is 1. The Hall–Kier alpha value is -4.59. The number of amides is 1. The lowest BCUT2D eigenvalue weighted by atomic mass is 9.71. The number of hydrogen-bond acceptors (Lipinski definition) is 5. The van der Waals surface area contributed by atoms with Crippen molar-refractivity contribution >= 4 is 23.1 Å². The number of non-ortho nitro benzene ring substituents is 1. The zero-order valence-electron chi connectivity index (χ0n) is 20.0. The summed E-state index contributed by atoms with van der Waals surface area (Å²) in [5.41, 5.74) is 4.18. The Bertz CT molecular complexity index is 1440. The summed E-state index contributed by atoms with van der Waals surface area (Å²) < 4.78 is 13.4. The minimum absolute atomic E-state index is 0.000137. The summed E-state index contributed by atoms with van der Waals surface area (Å²) in [5.74, 6) is -1.65. The average molecular weight is 498 g/mol. The lowest BCUT2D eigenvalue weighted by Crippen LogP contribution is -2.37. The molecular weight excluding hydrogens is 473 g/mol. The SMILES string of the molecule is CC1=C(C(=O)Nc2ccc(F)cc2)[C@@H](c2ccc([N+](=O)[O-])cc2)C2=C(C[C@@H](c3ccccc3)CC2=O)N1. The van der Waals surface area contributed by atoms with E-state index in [9.17, 15) is 24.1 Å². The number of nitrogens with one attached hydrogen (secondary N) is 2.